The SMILES string of the molecule is CC[C@@H](c1nnc(S[C@@H](C)C(=O)N2CC(=O)Nc3ccccc32)n1Cc1ccccc1)N(C)C. The number of para-hydroxylation sites is 2. The van der Waals surface area contributed by atoms with Crippen LogP contribution in [-0.4, -0.2) is 57.4 Å². The lowest BCUT2D eigenvalue weighted by Gasteiger charge is -2.30. The van der Waals surface area contributed by atoms with Gasteiger partial charge in [-0.25, -0.2) is 0 Å². The Morgan fingerprint density at radius 3 is 2.53 bits per heavy atom. The molecule has 2 heterocycles. The molecule has 34 heavy (non-hydrogen) atoms. The molecule has 3 aromatic rings. The predicted molar refractivity (Wildman–Crippen MR) is 135 cm³/mol. The van der Waals surface area contributed by atoms with Gasteiger partial charge in [0.05, 0.1) is 29.2 Å². The molecule has 2 amide bonds. The summed E-state index contributed by atoms with van der Waals surface area (Å²) in [6, 6.07) is 17.6. The highest BCUT2D eigenvalue weighted by atomic mass is 32.2. The van der Waals surface area contributed by atoms with Gasteiger partial charge in [-0.2, -0.15) is 0 Å². The average molecular weight is 479 g/mol. The van der Waals surface area contributed by atoms with Gasteiger partial charge in [0, 0.05) is 0 Å². The van der Waals surface area contributed by atoms with Crippen molar-refractivity contribution < 1.29 is 9.59 Å². The Morgan fingerprint density at radius 1 is 1.12 bits per heavy atom. The number of hydrogen-bond acceptors (Lipinski definition) is 6. The molecule has 0 unspecified atom stereocenters. The van der Waals surface area contributed by atoms with Crippen LogP contribution in [-0.2, 0) is 16.1 Å². The van der Waals surface area contributed by atoms with Crippen LogP contribution < -0.4 is 10.2 Å². The Bertz CT molecular complexity index is 1160. The van der Waals surface area contributed by atoms with Gasteiger partial charge in [0.2, 0.25) is 11.8 Å². The van der Waals surface area contributed by atoms with Gasteiger partial charge in [-0.15, -0.1) is 10.2 Å². The minimum Gasteiger partial charge on any atom is -0.323 e. The number of hydrogen-bond donors (Lipinski definition) is 1. The van der Waals surface area contributed by atoms with E-state index in [4.69, 9.17) is 0 Å². The quantitative estimate of drug-likeness (QED) is 0.496. The average Bonchev–Trinajstić information content (AvgIpc) is 3.20. The van der Waals surface area contributed by atoms with Crippen molar-refractivity contribution in [2.24, 2.45) is 0 Å². The molecule has 0 bridgehead atoms. The summed E-state index contributed by atoms with van der Waals surface area (Å²) in [5.41, 5.74) is 2.50. The van der Waals surface area contributed by atoms with Crippen molar-refractivity contribution in [1.82, 2.24) is 19.7 Å². The van der Waals surface area contributed by atoms with Crippen LogP contribution in [0.5, 0.6) is 0 Å². The highest BCUT2D eigenvalue weighted by Gasteiger charge is 2.31. The van der Waals surface area contributed by atoms with Crippen molar-refractivity contribution in [3.8, 4) is 0 Å². The van der Waals surface area contributed by atoms with Crippen LogP contribution in [0.15, 0.2) is 59.8 Å². The van der Waals surface area contributed by atoms with E-state index < -0.39 is 5.25 Å². The maximum atomic E-state index is 13.4. The van der Waals surface area contributed by atoms with Gasteiger partial charge >= 0.3 is 0 Å². The van der Waals surface area contributed by atoms with Crippen LogP contribution in [0.4, 0.5) is 11.4 Å². The van der Waals surface area contributed by atoms with Gasteiger partial charge in [0.1, 0.15) is 6.54 Å². The molecule has 0 fully saturated rings. The number of amides is 2. The highest BCUT2D eigenvalue weighted by molar-refractivity contribution is 8.00. The van der Waals surface area contributed by atoms with Gasteiger partial charge < -0.3 is 9.88 Å². The second kappa shape index (κ2) is 10.4. The molecule has 178 valence electrons. The molecular weight excluding hydrogens is 448 g/mol. The van der Waals surface area contributed by atoms with Crippen LogP contribution >= 0.6 is 11.8 Å². The molecule has 2 atom stereocenters. The molecule has 0 saturated heterocycles. The second-order valence-corrected chi connectivity index (χ2v) is 9.86. The third kappa shape index (κ3) is 5.00. The van der Waals surface area contributed by atoms with Crippen molar-refractivity contribution in [3.63, 3.8) is 0 Å². The summed E-state index contributed by atoms with van der Waals surface area (Å²) < 4.78 is 2.11. The first-order valence-corrected chi connectivity index (χ1v) is 12.3. The Balaban J connectivity index is 1.62. The molecule has 2 aromatic carbocycles. The van der Waals surface area contributed by atoms with Crippen LogP contribution in [0.2, 0.25) is 0 Å². The van der Waals surface area contributed by atoms with E-state index in [1.165, 1.54) is 11.8 Å². The summed E-state index contributed by atoms with van der Waals surface area (Å²) in [4.78, 5) is 29.3. The van der Waals surface area contributed by atoms with Gasteiger partial charge in [0.15, 0.2) is 11.0 Å². The van der Waals surface area contributed by atoms with Crippen LogP contribution in [0.3, 0.4) is 0 Å². The fourth-order valence-electron chi connectivity index (χ4n) is 4.18. The van der Waals surface area contributed by atoms with E-state index in [0.29, 0.717) is 23.1 Å². The molecule has 1 N–H and O–H groups in total. The first-order chi connectivity index (χ1) is 16.4. The van der Waals surface area contributed by atoms with E-state index in [9.17, 15) is 9.59 Å². The number of nitrogens with zero attached hydrogens (tertiary/aromatic N) is 5. The van der Waals surface area contributed by atoms with Crippen molar-refractivity contribution in [1.29, 1.82) is 0 Å². The lowest BCUT2D eigenvalue weighted by molar-refractivity contribution is -0.121. The lowest BCUT2D eigenvalue weighted by atomic mass is 10.2. The molecule has 1 aromatic heterocycles. The summed E-state index contributed by atoms with van der Waals surface area (Å²) in [5, 5.41) is 12.1. The standard InChI is InChI=1S/C25H30N6O2S/c1-5-20(29(3)4)23-27-28-25(31(23)15-18-11-7-6-8-12-18)34-17(2)24(33)30-16-22(32)26-19-13-9-10-14-21(19)30/h6-14,17,20H,5,15-16H2,1-4H3,(H,26,32)/t17-,20-/m0/s1. The monoisotopic (exact) mass is 478 g/mol. The molecule has 0 radical (unpaired) electrons. The molecule has 9 heteroatoms. The summed E-state index contributed by atoms with van der Waals surface area (Å²) >= 11 is 1.38. The van der Waals surface area contributed by atoms with E-state index in [-0.39, 0.29) is 24.4 Å². The van der Waals surface area contributed by atoms with E-state index in [0.717, 1.165) is 17.8 Å². The fourth-order valence-corrected chi connectivity index (χ4v) is 5.10. The van der Waals surface area contributed by atoms with Crippen molar-refractivity contribution in [2.75, 3.05) is 30.9 Å². The van der Waals surface area contributed by atoms with Crippen molar-refractivity contribution >= 4 is 35.0 Å². The number of anilines is 2. The number of carbonyl (C=O) groups excluding carboxylic acids is 2. The minimum atomic E-state index is -0.454. The fraction of sp³-hybridized carbons (Fsp3) is 0.360. The topological polar surface area (TPSA) is 83.4 Å². The molecule has 0 aliphatic carbocycles. The molecule has 8 nitrogen and oxygen atoms in total. The van der Waals surface area contributed by atoms with Crippen LogP contribution in [0.1, 0.15) is 37.7 Å². The third-order valence-corrected chi connectivity index (χ3v) is 6.97. The Kier molecular flexibility index (Phi) is 7.33. The molecule has 4 rings (SSSR count). The van der Waals surface area contributed by atoms with E-state index >= 15 is 0 Å². The molecular formula is C25H30N6O2S. The van der Waals surface area contributed by atoms with Gasteiger partial charge in [-0.1, -0.05) is 61.2 Å². The largest absolute Gasteiger partial charge is 0.323 e. The number of nitrogens with one attached hydrogen (secondary N) is 1. The first kappa shape index (κ1) is 24.0. The zero-order valence-electron chi connectivity index (χ0n) is 19.9. The number of rotatable bonds is 8. The summed E-state index contributed by atoms with van der Waals surface area (Å²) in [6.07, 6.45) is 0.888. The maximum Gasteiger partial charge on any atom is 0.244 e. The van der Waals surface area contributed by atoms with E-state index in [1.807, 2.05) is 57.4 Å². The van der Waals surface area contributed by atoms with Crippen molar-refractivity contribution in [2.45, 2.75) is 43.3 Å². The zero-order chi connectivity index (χ0) is 24.2. The van der Waals surface area contributed by atoms with Gasteiger partial charge in [0.25, 0.3) is 0 Å². The normalized spacial score (nSPS) is 15.1. The number of carbonyl (C=O) groups is 2. The van der Waals surface area contributed by atoms with Crippen LogP contribution in [0.25, 0.3) is 0 Å². The number of aromatic nitrogens is 3. The summed E-state index contributed by atoms with van der Waals surface area (Å²) in [5.74, 6) is 0.541. The second-order valence-electron chi connectivity index (χ2n) is 8.55. The maximum absolute atomic E-state index is 13.4. The Labute approximate surface area is 204 Å². The van der Waals surface area contributed by atoms with Gasteiger partial charge in [-0.3, -0.25) is 19.4 Å². The Morgan fingerprint density at radius 2 is 1.82 bits per heavy atom. The lowest BCUT2D eigenvalue weighted by Crippen LogP contribution is -2.45. The smallest absolute Gasteiger partial charge is 0.244 e. The van der Waals surface area contributed by atoms with E-state index in [2.05, 4.69) is 44.0 Å². The molecule has 0 saturated carbocycles. The number of fused-ring (bicyclic) bond motifs is 1. The third-order valence-electron chi connectivity index (χ3n) is 5.90. The summed E-state index contributed by atoms with van der Waals surface area (Å²) in [7, 11) is 4.07. The van der Waals surface area contributed by atoms with Gasteiger partial charge in [-0.05, 0) is 45.1 Å². The predicted octanol–water partition coefficient (Wildman–Crippen LogP) is 3.81. The molecule has 0 spiro atoms. The number of benzene rings is 2. The van der Waals surface area contributed by atoms with Crippen molar-refractivity contribution in [3.05, 3.63) is 66.0 Å². The highest BCUT2D eigenvalue weighted by Crippen LogP contribution is 2.33. The van der Waals surface area contributed by atoms with Crippen LogP contribution in [0, 0.1) is 0 Å². The van der Waals surface area contributed by atoms with E-state index in [1.54, 1.807) is 11.0 Å². The molecule has 1 aliphatic heterocycles. The first-order valence-electron chi connectivity index (χ1n) is 11.4. The molecule has 1 aliphatic rings. The number of thioether (sulfide) groups is 1. The summed E-state index contributed by atoms with van der Waals surface area (Å²) in [6.45, 7) is 4.60. The zero-order valence-corrected chi connectivity index (χ0v) is 20.7. The Hall–Kier alpha value is -3.17. The minimum absolute atomic E-state index is 0.00123.